The number of hydrogen-bond donors (Lipinski definition) is 1. The Balaban J connectivity index is 2.77. The predicted molar refractivity (Wildman–Crippen MR) is 29.9 cm³/mol. The van der Waals surface area contributed by atoms with Crippen LogP contribution in [0.1, 0.15) is 10.6 Å². The van der Waals surface area contributed by atoms with Gasteiger partial charge in [-0.2, -0.15) is 0 Å². The minimum absolute atomic E-state index is 0.234. The van der Waals surface area contributed by atoms with Gasteiger partial charge in [0.15, 0.2) is 0 Å². The van der Waals surface area contributed by atoms with E-state index in [1.54, 1.807) is 6.20 Å². The lowest BCUT2D eigenvalue weighted by molar-refractivity contribution is 0.0588. The minimum Gasteiger partial charge on any atom is -0.463 e. The van der Waals surface area contributed by atoms with Gasteiger partial charge < -0.3 is 9.72 Å². The molecule has 9 heavy (non-hydrogen) atoms. The third-order valence-corrected chi connectivity index (χ3v) is 0.877. The summed E-state index contributed by atoms with van der Waals surface area (Å²) in [4.78, 5) is 16.8. The van der Waals surface area contributed by atoms with Gasteiger partial charge >= 0.3 is 5.97 Å². The zero-order valence-corrected chi connectivity index (χ0v) is 4.92. The first-order chi connectivity index (χ1) is 4.34. The molecule has 1 N–H and O–H groups in total. The third-order valence-electron chi connectivity index (χ3n) is 0.877. The van der Waals surface area contributed by atoms with Crippen LogP contribution in [0.4, 0.5) is 0 Å². The van der Waals surface area contributed by atoms with E-state index in [-0.39, 0.29) is 5.82 Å². The van der Waals surface area contributed by atoms with Crippen molar-refractivity contribution in [1.29, 1.82) is 0 Å². The zero-order chi connectivity index (χ0) is 6.69. The second-order valence-corrected chi connectivity index (χ2v) is 1.43. The minimum atomic E-state index is -0.444. The number of hydrogen-bond acceptors (Lipinski definition) is 3. The molecule has 0 saturated heterocycles. The average molecular weight is 126 g/mol. The SMILES string of the molecule is COC(=O)c1ncc[nH]1. The summed E-state index contributed by atoms with van der Waals surface area (Å²) in [5, 5.41) is 0. The molecule has 0 aromatic carbocycles. The Bertz CT molecular complexity index is 193. The van der Waals surface area contributed by atoms with Crippen molar-refractivity contribution < 1.29 is 9.53 Å². The summed E-state index contributed by atoms with van der Waals surface area (Å²) in [6, 6.07) is 0. The Morgan fingerprint density at radius 2 is 2.67 bits per heavy atom. The van der Waals surface area contributed by atoms with E-state index in [1.807, 2.05) is 0 Å². The Morgan fingerprint density at radius 3 is 3.11 bits per heavy atom. The molecule has 0 aliphatic rings. The number of imidazole rings is 1. The number of aromatic nitrogens is 2. The van der Waals surface area contributed by atoms with Crippen LogP contribution in [-0.2, 0) is 4.74 Å². The van der Waals surface area contributed by atoms with Crippen molar-refractivity contribution in [2.75, 3.05) is 7.11 Å². The molecule has 0 amide bonds. The summed E-state index contributed by atoms with van der Waals surface area (Å²) in [6.45, 7) is 0. The highest BCUT2D eigenvalue weighted by atomic mass is 16.5. The van der Waals surface area contributed by atoms with E-state index in [2.05, 4.69) is 14.7 Å². The molecule has 1 aromatic heterocycles. The van der Waals surface area contributed by atoms with Crippen LogP contribution in [0.25, 0.3) is 0 Å². The summed E-state index contributed by atoms with van der Waals surface area (Å²) >= 11 is 0. The molecular weight excluding hydrogens is 120 g/mol. The number of carbonyl (C=O) groups excluding carboxylic acids is 1. The van der Waals surface area contributed by atoms with Crippen molar-refractivity contribution >= 4 is 5.97 Å². The number of esters is 1. The standard InChI is InChI=1S/C5H6N2O2/c1-9-5(8)4-6-2-3-7-4/h2-3H,1H3,(H,6,7). The van der Waals surface area contributed by atoms with E-state index < -0.39 is 5.97 Å². The van der Waals surface area contributed by atoms with Gasteiger partial charge in [0.25, 0.3) is 0 Å². The molecule has 0 bridgehead atoms. The molecule has 1 rings (SSSR count). The van der Waals surface area contributed by atoms with Gasteiger partial charge in [-0.1, -0.05) is 0 Å². The Morgan fingerprint density at radius 1 is 1.89 bits per heavy atom. The number of carbonyl (C=O) groups is 1. The first-order valence-corrected chi connectivity index (χ1v) is 2.42. The van der Waals surface area contributed by atoms with Gasteiger partial charge in [-0.25, -0.2) is 9.78 Å². The molecule has 1 aromatic rings. The Kier molecular flexibility index (Phi) is 1.48. The topological polar surface area (TPSA) is 55.0 Å². The van der Waals surface area contributed by atoms with Crippen molar-refractivity contribution in [2.24, 2.45) is 0 Å². The van der Waals surface area contributed by atoms with Crippen molar-refractivity contribution in [3.8, 4) is 0 Å². The largest absolute Gasteiger partial charge is 0.463 e. The molecular formula is C5H6N2O2. The van der Waals surface area contributed by atoms with E-state index in [1.165, 1.54) is 13.3 Å². The monoisotopic (exact) mass is 126 g/mol. The maximum atomic E-state index is 10.6. The summed E-state index contributed by atoms with van der Waals surface area (Å²) in [5.41, 5.74) is 0. The lowest BCUT2D eigenvalue weighted by atomic mass is 10.6. The van der Waals surface area contributed by atoms with Gasteiger partial charge in [0.05, 0.1) is 7.11 Å². The average Bonchev–Trinajstić information content (AvgIpc) is 2.37. The molecule has 0 atom stereocenters. The summed E-state index contributed by atoms with van der Waals surface area (Å²) < 4.78 is 4.36. The molecule has 0 aliphatic carbocycles. The van der Waals surface area contributed by atoms with Gasteiger partial charge in [-0.3, -0.25) is 0 Å². The van der Waals surface area contributed by atoms with E-state index in [0.29, 0.717) is 0 Å². The van der Waals surface area contributed by atoms with Crippen LogP contribution in [0.2, 0.25) is 0 Å². The highest BCUT2D eigenvalue weighted by Crippen LogP contribution is 1.89. The van der Waals surface area contributed by atoms with Gasteiger partial charge in [0.2, 0.25) is 5.82 Å². The fourth-order valence-corrected chi connectivity index (χ4v) is 0.474. The smallest absolute Gasteiger partial charge is 0.374 e. The number of nitrogens with zero attached hydrogens (tertiary/aromatic N) is 1. The number of H-pyrrole nitrogens is 1. The fraction of sp³-hybridized carbons (Fsp3) is 0.200. The van der Waals surface area contributed by atoms with Crippen molar-refractivity contribution in [1.82, 2.24) is 9.97 Å². The molecule has 0 radical (unpaired) electrons. The van der Waals surface area contributed by atoms with Crippen LogP contribution in [0, 0.1) is 0 Å². The molecule has 4 nitrogen and oxygen atoms in total. The van der Waals surface area contributed by atoms with Crippen LogP contribution in [0.15, 0.2) is 12.4 Å². The Labute approximate surface area is 51.9 Å². The van der Waals surface area contributed by atoms with Gasteiger partial charge in [0.1, 0.15) is 0 Å². The maximum absolute atomic E-state index is 10.6. The first-order valence-electron chi connectivity index (χ1n) is 2.42. The van der Waals surface area contributed by atoms with E-state index in [4.69, 9.17) is 0 Å². The van der Waals surface area contributed by atoms with Crippen LogP contribution in [-0.4, -0.2) is 23.0 Å². The highest BCUT2D eigenvalue weighted by Gasteiger charge is 2.04. The molecule has 0 unspecified atom stereocenters. The lowest BCUT2D eigenvalue weighted by Gasteiger charge is -1.89. The van der Waals surface area contributed by atoms with Gasteiger partial charge in [-0.05, 0) is 0 Å². The van der Waals surface area contributed by atoms with Crippen LogP contribution >= 0.6 is 0 Å². The van der Waals surface area contributed by atoms with Crippen LogP contribution < -0.4 is 0 Å². The van der Waals surface area contributed by atoms with E-state index in [0.717, 1.165) is 0 Å². The van der Waals surface area contributed by atoms with E-state index >= 15 is 0 Å². The lowest BCUT2D eigenvalue weighted by Crippen LogP contribution is -2.02. The maximum Gasteiger partial charge on any atom is 0.374 e. The van der Waals surface area contributed by atoms with Crippen molar-refractivity contribution in [3.63, 3.8) is 0 Å². The molecule has 1 heterocycles. The number of aromatic amines is 1. The molecule has 0 spiro atoms. The van der Waals surface area contributed by atoms with E-state index in [9.17, 15) is 4.79 Å². The normalized spacial score (nSPS) is 9.00. The molecule has 48 valence electrons. The number of rotatable bonds is 1. The van der Waals surface area contributed by atoms with Crippen molar-refractivity contribution in [3.05, 3.63) is 18.2 Å². The second kappa shape index (κ2) is 2.30. The molecule has 0 fully saturated rings. The third kappa shape index (κ3) is 1.07. The molecule has 0 aliphatic heterocycles. The van der Waals surface area contributed by atoms with Crippen molar-refractivity contribution in [2.45, 2.75) is 0 Å². The highest BCUT2D eigenvalue weighted by molar-refractivity contribution is 5.84. The van der Waals surface area contributed by atoms with Gasteiger partial charge in [0, 0.05) is 12.4 Å². The number of nitrogens with one attached hydrogen (secondary N) is 1. The van der Waals surface area contributed by atoms with Crippen LogP contribution in [0.5, 0.6) is 0 Å². The second-order valence-electron chi connectivity index (χ2n) is 1.43. The molecule has 4 heteroatoms. The zero-order valence-electron chi connectivity index (χ0n) is 4.92. The molecule has 0 saturated carbocycles. The van der Waals surface area contributed by atoms with Crippen LogP contribution in [0.3, 0.4) is 0 Å². The Hall–Kier alpha value is -1.32. The first kappa shape index (κ1) is 5.81. The predicted octanol–water partition coefficient (Wildman–Crippen LogP) is 0.196. The fourth-order valence-electron chi connectivity index (χ4n) is 0.474. The van der Waals surface area contributed by atoms with Gasteiger partial charge in [-0.15, -0.1) is 0 Å². The number of methoxy groups -OCH3 is 1. The quantitative estimate of drug-likeness (QED) is 0.547. The summed E-state index contributed by atoms with van der Waals surface area (Å²) in [6.07, 6.45) is 3.05. The number of ether oxygens (including phenoxy) is 1. The summed E-state index contributed by atoms with van der Waals surface area (Å²) in [7, 11) is 1.31. The summed E-state index contributed by atoms with van der Waals surface area (Å²) in [5.74, 6) is -0.211.